The Morgan fingerprint density at radius 1 is 0.972 bits per heavy atom. The van der Waals surface area contributed by atoms with Gasteiger partial charge >= 0.3 is 11.9 Å². The van der Waals surface area contributed by atoms with Gasteiger partial charge in [-0.15, -0.1) is 0 Å². The second-order valence-corrected chi connectivity index (χ2v) is 8.82. The number of benzene rings is 2. The largest absolute Gasteiger partial charge is 0.493 e. The summed E-state index contributed by atoms with van der Waals surface area (Å²) in [6.45, 7) is 7.25. The summed E-state index contributed by atoms with van der Waals surface area (Å²) in [5, 5.41) is 0.864. The zero-order valence-electron chi connectivity index (χ0n) is 21.2. The highest BCUT2D eigenvalue weighted by atomic mass is 16.6. The SMILES string of the molecule is CCOC(=O)c1cnc(C(=O)c2cccc(/C=C/C(=O)OC(C)(C)C)c2)c2cc(OC)c(OC)cc12. The van der Waals surface area contributed by atoms with E-state index < -0.39 is 17.5 Å². The van der Waals surface area contributed by atoms with E-state index >= 15 is 0 Å². The second kappa shape index (κ2) is 11.0. The van der Waals surface area contributed by atoms with Crippen LogP contribution >= 0.6 is 0 Å². The summed E-state index contributed by atoms with van der Waals surface area (Å²) in [5.41, 5.74) is 0.726. The van der Waals surface area contributed by atoms with E-state index in [1.54, 1.807) is 70.2 Å². The summed E-state index contributed by atoms with van der Waals surface area (Å²) in [4.78, 5) is 42.4. The van der Waals surface area contributed by atoms with E-state index in [0.717, 1.165) is 0 Å². The molecule has 3 rings (SSSR count). The van der Waals surface area contributed by atoms with Crippen LogP contribution in [0.1, 0.15) is 59.7 Å². The maximum atomic E-state index is 13.5. The lowest BCUT2D eigenvalue weighted by Crippen LogP contribution is -2.22. The Morgan fingerprint density at radius 2 is 1.64 bits per heavy atom. The average molecular weight is 492 g/mol. The van der Waals surface area contributed by atoms with Gasteiger partial charge in [-0.05, 0) is 57.5 Å². The van der Waals surface area contributed by atoms with Crippen LogP contribution in [0.5, 0.6) is 11.5 Å². The van der Waals surface area contributed by atoms with Gasteiger partial charge < -0.3 is 18.9 Å². The number of nitrogens with zero attached hydrogens (tertiary/aromatic N) is 1. The van der Waals surface area contributed by atoms with Crippen LogP contribution in [0.2, 0.25) is 0 Å². The van der Waals surface area contributed by atoms with Crippen LogP contribution in [0.4, 0.5) is 0 Å². The number of hydrogen-bond donors (Lipinski definition) is 0. The predicted molar refractivity (Wildman–Crippen MR) is 136 cm³/mol. The molecule has 188 valence electrons. The van der Waals surface area contributed by atoms with Crippen molar-refractivity contribution in [2.75, 3.05) is 20.8 Å². The standard InChI is InChI=1S/C28H29NO7/c1-7-35-27(32)21-16-29-25(20-15-23(34-6)22(33-5)14-19(20)21)26(31)18-10-8-9-17(13-18)11-12-24(30)36-28(2,3)4/h8-16H,7H2,1-6H3/b12-11+. The second-order valence-electron chi connectivity index (χ2n) is 8.82. The minimum atomic E-state index is -0.606. The molecule has 36 heavy (non-hydrogen) atoms. The van der Waals surface area contributed by atoms with Crippen molar-refractivity contribution in [2.24, 2.45) is 0 Å². The van der Waals surface area contributed by atoms with Crippen LogP contribution in [0.25, 0.3) is 16.8 Å². The van der Waals surface area contributed by atoms with E-state index in [2.05, 4.69) is 4.98 Å². The number of carbonyl (C=O) groups is 3. The number of carbonyl (C=O) groups excluding carboxylic acids is 3. The van der Waals surface area contributed by atoms with Crippen molar-refractivity contribution in [1.82, 2.24) is 4.98 Å². The molecule has 0 amide bonds. The Balaban J connectivity index is 2.06. The maximum Gasteiger partial charge on any atom is 0.340 e. The van der Waals surface area contributed by atoms with Gasteiger partial charge in [0.2, 0.25) is 5.78 Å². The zero-order valence-corrected chi connectivity index (χ0v) is 21.2. The fourth-order valence-corrected chi connectivity index (χ4v) is 3.54. The van der Waals surface area contributed by atoms with Gasteiger partial charge in [0.05, 0.1) is 26.4 Å². The third-order valence-corrected chi connectivity index (χ3v) is 5.07. The Labute approximate surface area is 209 Å². The highest BCUT2D eigenvalue weighted by Crippen LogP contribution is 2.35. The number of fused-ring (bicyclic) bond motifs is 1. The highest BCUT2D eigenvalue weighted by molar-refractivity contribution is 6.18. The molecule has 2 aromatic carbocycles. The van der Waals surface area contributed by atoms with E-state index in [4.69, 9.17) is 18.9 Å². The molecular formula is C28H29NO7. The molecule has 0 saturated heterocycles. The quantitative estimate of drug-likeness (QED) is 0.246. The molecule has 0 aliphatic rings. The van der Waals surface area contributed by atoms with Crippen LogP contribution in [0.3, 0.4) is 0 Å². The van der Waals surface area contributed by atoms with Crippen molar-refractivity contribution < 1.29 is 33.3 Å². The molecular weight excluding hydrogens is 462 g/mol. The Hall–Kier alpha value is -4.20. The predicted octanol–water partition coefficient (Wildman–Crippen LogP) is 5.01. The Bertz CT molecular complexity index is 1340. The fraction of sp³-hybridized carbons (Fsp3) is 0.286. The summed E-state index contributed by atoms with van der Waals surface area (Å²) < 4.78 is 21.2. The van der Waals surface area contributed by atoms with Gasteiger partial charge in [0.25, 0.3) is 0 Å². The van der Waals surface area contributed by atoms with Gasteiger partial charge in [0.1, 0.15) is 11.3 Å². The smallest absolute Gasteiger partial charge is 0.340 e. The molecule has 0 N–H and O–H groups in total. The maximum absolute atomic E-state index is 13.5. The van der Waals surface area contributed by atoms with E-state index in [-0.39, 0.29) is 23.6 Å². The van der Waals surface area contributed by atoms with Crippen molar-refractivity contribution >= 4 is 34.6 Å². The van der Waals surface area contributed by atoms with Gasteiger partial charge in [0.15, 0.2) is 11.5 Å². The fourth-order valence-electron chi connectivity index (χ4n) is 3.54. The van der Waals surface area contributed by atoms with Crippen molar-refractivity contribution in [3.05, 3.63) is 71.1 Å². The Kier molecular flexibility index (Phi) is 8.09. The van der Waals surface area contributed by atoms with Gasteiger partial charge in [-0.1, -0.05) is 18.2 Å². The number of methoxy groups -OCH3 is 2. The first-order valence-electron chi connectivity index (χ1n) is 11.4. The minimum Gasteiger partial charge on any atom is -0.493 e. The molecule has 0 bridgehead atoms. The first-order valence-corrected chi connectivity index (χ1v) is 11.4. The summed E-state index contributed by atoms with van der Waals surface area (Å²) in [6, 6.07) is 10.0. The monoisotopic (exact) mass is 491 g/mol. The minimum absolute atomic E-state index is 0.132. The lowest BCUT2D eigenvalue weighted by Gasteiger charge is -2.17. The third kappa shape index (κ3) is 6.07. The molecule has 8 heteroatoms. The molecule has 0 spiro atoms. The molecule has 0 aliphatic heterocycles. The Morgan fingerprint density at radius 3 is 2.25 bits per heavy atom. The van der Waals surface area contributed by atoms with E-state index in [1.807, 2.05) is 0 Å². The van der Waals surface area contributed by atoms with Crippen molar-refractivity contribution in [2.45, 2.75) is 33.3 Å². The number of hydrogen-bond acceptors (Lipinski definition) is 8. The summed E-state index contributed by atoms with van der Waals surface area (Å²) in [6.07, 6.45) is 4.22. The number of ether oxygens (including phenoxy) is 4. The van der Waals surface area contributed by atoms with Crippen LogP contribution in [-0.4, -0.2) is 49.1 Å². The van der Waals surface area contributed by atoms with Gasteiger partial charge in [-0.3, -0.25) is 9.78 Å². The number of aromatic nitrogens is 1. The van der Waals surface area contributed by atoms with Crippen LogP contribution in [0.15, 0.2) is 48.7 Å². The molecule has 1 heterocycles. The molecule has 0 atom stereocenters. The number of pyridine rings is 1. The topological polar surface area (TPSA) is 101 Å². The summed E-state index contributed by atoms with van der Waals surface area (Å²) >= 11 is 0. The van der Waals surface area contributed by atoms with Crippen molar-refractivity contribution in [3.8, 4) is 11.5 Å². The van der Waals surface area contributed by atoms with Gasteiger partial charge in [-0.25, -0.2) is 9.59 Å². The zero-order chi connectivity index (χ0) is 26.5. The molecule has 0 radical (unpaired) electrons. The molecule has 3 aromatic rings. The molecule has 0 saturated carbocycles. The molecule has 0 aliphatic carbocycles. The number of rotatable bonds is 8. The average Bonchev–Trinajstić information content (AvgIpc) is 2.84. The number of esters is 2. The molecule has 1 aromatic heterocycles. The van der Waals surface area contributed by atoms with Gasteiger partial charge in [-0.2, -0.15) is 0 Å². The number of ketones is 1. The van der Waals surface area contributed by atoms with Gasteiger partial charge in [0, 0.05) is 28.6 Å². The van der Waals surface area contributed by atoms with E-state index in [9.17, 15) is 14.4 Å². The normalized spacial score (nSPS) is 11.4. The van der Waals surface area contributed by atoms with Crippen LogP contribution < -0.4 is 9.47 Å². The van der Waals surface area contributed by atoms with Crippen molar-refractivity contribution in [3.63, 3.8) is 0 Å². The van der Waals surface area contributed by atoms with E-state index in [1.165, 1.54) is 26.5 Å². The van der Waals surface area contributed by atoms with Crippen molar-refractivity contribution in [1.29, 1.82) is 0 Å². The van der Waals surface area contributed by atoms with Crippen LogP contribution in [-0.2, 0) is 14.3 Å². The lowest BCUT2D eigenvalue weighted by atomic mass is 9.98. The third-order valence-electron chi connectivity index (χ3n) is 5.07. The lowest BCUT2D eigenvalue weighted by molar-refractivity contribution is -0.148. The first-order chi connectivity index (χ1) is 17.1. The molecule has 0 fully saturated rings. The molecule has 0 unspecified atom stereocenters. The first kappa shape index (κ1) is 26.4. The highest BCUT2D eigenvalue weighted by Gasteiger charge is 2.22. The molecule has 8 nitrogen and oxygen atoms in total. The summed E-state index contributed by atoms with van der Waals surface area (Å²) in [5.74, 6) is -0.626. The summed E-state index contributed by atoms with van der Waals surface area (Å²) in [7, 11) is 2.96. The van der Waals surface area contributed by atoms with Crippen LogP contribution in [0, 0.1) is 0 Å². The van der Waals surface area contributed by atoms with E-state index in [0.29, 0.717) is 33.4 Å².